The van der Waals surface area contributed by atoms with Gasteiger partial charge in [0.1, 0.15) is 23.2 Å². The Hall–Kier alpha value is -3.45. The molecule has 1 amide bonds. The fourth-order valence-corrected chi connectivity index (χ4v) is 3.46. The van der Waals surface area contributed by atoms with E-state index in [1.54, 1.807) is 18.2 Å². The van der Waals surface area contributed by atoms with Crippen molar-refractivity contribution in [2.24, 2.45) is 0 Å². The van der Waals surface area contributed by atoms with Crippen molar-refractivity contribution in [3.8, 4) is 11.1 Å². The lowest BCUT2D eigenvalue weighted by atomic mass is 10.0. The lowest BCUT2D eigenvalue weighted by molar-refractivity contribution is -0.138. The van der Waals surface area contributed by atoms with Crippen molar-refractivity contribution >= 4 is 29.2 Å². The molecule has 0 heterocycles. The Morgan fingerprint density at radius 2 is 1.64 bits per heavy atom. The number of carboxylic acid groups (broad SMARTS) is 1. The van der Waals surface area contributed by atoms with Crippen molar-refractivity contribution in [1.29, 1.82) is 0 Å². The molecule has 2 unspecified atom stereocenters. The van der Waals surface area contributed by atoms with Crippen LogP contribution in [0, 0.1) is 18.6 Å². The van der Waals surface area contributed by atoms with Gasteiger partial charge in [-0.25, -0.2) is 8.78 Å². The molecule has 3 rings (SSSR count). The Kier molecular flexibility index (Phi) is 7.33. The molecule has 3 aromatic rings. The molecule has 33 heavy (non-hydrogen) atoms. The van der Waals surface area contributed by atoms with E-state index >= 15 is 0 Å². The molecule has 0 aliphatic rings. The minimum atomic E-state index is -1.31. The number of hydrogen-bond acceptors (Lipinski definition) is 3. The lowest BCUT2D eigenvalue weighted by Gasteiger charge is -2.17. The Morgan fingerprint density at radius 1 is 0.970 bits per heavy atom. The fraction of sp³-hybridized carbons (Fsp3) is 0.200. The summed E-state index contributed by atoms with van der Waals surface area (Å²) >= 11 is 6.10. The van der Waals surface area contributed by atoms with Gasteiger partial charge in [-0.1, -0.05) is 35.9 Å². The first kappa shape index (κ1) is 24.2. The summed E-state index contributed by atoms with van der Waals surface area (Å²) in [6.45, 7) is 5.12. The second kappa shape index (κ2) is 10.0. The predicted octanol–water partition coefficient (Wildman–Crippen LogP) is 5.97. The first-order valence-electron chi connectivity index (χ1n) is 10.2. The Morgan fingerprint density at radius 3 is 2.24 bits per heavy atom. The minimum absolute atomic E-state index is 0.0491. The number of amides is 1. The summed E-state index contributed by atoms with van der Waals surface area (Å²) in [7, 11) is 0. The number of aryl methyl sites for hydroxylation is 1. The van der Waals surface area contributed by atoms with Crippen molar-refractivity contribution < 1.29 is 23.5 Å². The molecule has 0 aliphatic heterocycles. The van der Waals surface area contributed by atoms with Gasteiger partial charge in [-0.2, -0.15) is 0 Å². The maximum Gasteiger partial charge on any atom is 0.325 e. The van der Waals surface area contributed by atoms with Crippen LogP contribution in [0.2, 0.25) is 5.02 Å². The van der Waals surface area contributed by atoms with Gasteiger partial charge in [0.25, 0.3) is 5.91 Å². The van der Waals surface area contributed by atoms with E-state index in [9.17, 15) is 18.4 Å². The lowest BCUT2D eigenvalue weighted by Crippen LogP contribution is -2.39. The molecular weight excluding hydrogens is 450 g/mol. The summed E-state index contributed by atoms with van der Waals surface area (Å²) < 4.78 is 29.3. The van der Waals surface area contributed by atoms with Crippen LogP contribution in [0.5, 0.6) is 0 Å². The largest absolute Gasteiger partial charge is 0.480 e. The standard InChI is InChI=1S/C25H23ClF2N2O3/c1-13-9-16(7-8-20(13)26)14(2)29-19-6-4-5-17(10-19)18-11-21(27)23(22(28)12-18)24(31)30-15(3)25(32)33/h4-12,14-15,29H,1-3H3,(H,30,31)(H,32,33). The topological polar surface area (TPSA) is 78.4 Å². The predicted molar refractivity (Wildman–Crippen MR) is 125 cm³/mol. The first-order chi connectivity index (χ1) is 15.6. The van der Waals surface area contributed by atoms with Gasteiger partial charge in [-0.3, -0.25) is 9.59 Å². The van der Waals surface area contributed by atoms with Crippen LogP contribution in [0.25, 0.3) is 11.1 Å². The molecule has 0 bridgehead atoms. The number of carboxylic acids is 1. The maximum absolute atomic E-state index is 14.6. The van der Waals surface area contributed by atoms with Crippen LogP contribution in [0.4, 0.5) is 14.5 Å². The molecule has 0 saturated carbocycles. The second-order valence-electron chi connectivity index (χ2n) is 7.80. The third-order valence-corrected chi connectivity index (χ3v) is 5.67. The molecule has 3 aromatic carbocycles. The van der Waals surface area contributed by atoms with Gasteiger partial charge in [0.15, 0.2) is 0 Å². The zero-order chi connectivity index (χ0) is 24.3. The SMILES string of the molecule is Cc1cc(C(C)Nc2cccc(-c3cc(F)c(C(=O)NC(C)C(=O)O)c(F)c3)c2)ccc1Cl. The average Bonchev–Trinajstić information content (AvgIpc) is 2.75. The highest BCUT2D eigenvalue weighted by molar-refractivity contribution is 6.31. The number of carbonyl (C=O) groups is 2. The monoisotopic (exact) mass is 472 g/mol. The van der Waals surface area contributed by atoms with E-state index in [1.807, 2.05) is 38.1 Å². The van der Waals surface area contributed by atoms with Gasteiger partial charge in [-0.05, 0) is 73.4 Å². The van der Waals surface area contributed by atoms with E-state index in [4.69, 9.17) is 16.7 Å². The van der Waals surface area contributed by atoms with Gasteiger partial charge < -0.3 is 15.7 Å². The van der Waals surface area contributed by atoms with Crippen LogP contribution in [0.15, 0.2) is 54.6 Å². The molecule has 0 spiro atoms. The van der Waals surface area contributed by atoms with Crippen molar-refractivity contribution in [3.05, 3.63) is 87.9 Å². The summed E-state index contributed by atoms with van der Waals surface area (Å²) in [4.78, 5) is 23.0. The number of benzene rings is 3. The van der Waals surface area contributed by atoms with Gasteiger partial charge in [0, 0.05) is 16.8 Å². The molecular formula is C25H23ClF2N2O3. The minimum Gasteiger partial charge on any atom is -0.480 e. The third kappa shape index (κ3) is 5.68. The number of aliphatic carboxylic acids is 1. The quantitative estimate of drug-likeness (QED) is 0.396. The molecule has 0 aliphatic carbocycles. The molecule has 2 atom stereocenters. The van der Waals surface area contributed by atoms with Crippen molar-refractivity contribution in [1.82, 2.24) is 5.32 Å². The fourth-order valence-electron chi connectivity index (χ4n) is 3.35. The van der Waals surface area contributed by atoms with Gasteiger partial charge in [0.2, 0.25) is 0 Å². The van der Waals surface area contributed by atoms with E-state index < -0.39 is 35.1 Å². The molecule has 172 valence electrons. The summed E-state index contributed by atoms with van der Waals surface area (Å²) in [5.74, 6) is -4.60. The summed E-state index contributed by atoms with van der Waals surface area (Å²) in [6.07, 6.45) is 0. The number of anilines is 1. The van der Waals surface area contributed by atoms with Crippen LogP contribution < -0.4 is 10.6 Å². The normalized spacial score (nSPS) is 12.7. The van der Waals surface area contributed by atoms with Crippen molar-refractivity contribution in [3.63, 3.8) is 0 Å². The van der Waals surface area contributed by atoms with Gasteiger partial charge in [-0.15, -0.1) is 0 Å². The molecule has 0 aromatic heterocycles. The summed E-state index contributed by atoms with van der Waals surface area (Å²) in [5, 5.41) is 15.0. The number of nitrogens with one attached hydrogen (secondary N) is 2. The number of hydrogen-bond donors (Lipinski definition) is 3. The van der Waals surface area contributed by atoms with Gasteiger partial charge in [0.05, 0.1) is 0 Å². The highest BCUT2D eigenvalue weighted by Crippen LogP contribution is 2.29. The average molecular weight is 473 g/mol. The zero-order valence-corrected chi connectivity index (χ0v) is 19.0. The second-order valence-corrected chi connectivity index (χ2v) is 8.21. The number of carbonyl (C=O) groups excluding carboxylic acids is 1. The van der Waals surface area contributed by atoms with Gasteiger partial charge >= 0.3 is 5.97 Å². The Bertz CT molecular complexity index is 1190. The smallest absolute Gasteiger partial charge is 0.325 e. The van der Waals surface area contributed by atoms with E-state index in [0.717, 1.165) is 28.9 Å². The highest BCUT2D eigenvalue weighted by Gasteiger charge is 2.23. The van der Waals surface area contributed by atoms with Crippen LogP contribution in [-0.4, -0.2) is 23.0 Å². The van der Waals surface area contributed by atoms with E-state index in [0.29, 0.717) is 10.6 Å². The van der Waals surface area contributed by atoms with E-state index in [-0.39, 0.29) is 11.6 Å². The molecule has 8 heteroatoms. The molecule has 3 N–H and O–H groups in total. The number of rotatable bonds is 7. The molecule has 0 saturated heterocycles. The number of halogens is 3. The third-order valence-electron chi connectivity index (χ3n) is 5.25. The molecule has 0 fully saturated rings. The van der Waals surface area contributed by atoms with Crippen LogP contribution in [0.3, 0.4) is 0 Å². The maximum atomic E-state index is 14.6. The van der Waals surface area contributed by atoms with Crippen LogP contribution in [-0.2, 0) is 4.79 Å². The first-order valence-corrected chi connectivity index (χ1v) is 10.6. The molecule has 5 nitrogen and oxygen atoms in total. The zero-order valence-electron chi connectivity index (χ0n) is 18.2. The van der Waals surface area contributed by atoms with E-state index in [2.05, 4.69) is 10.6 Å². The van der Waals surface area contributed by atoms with Crippen LogP contribution >= 0.6 is 11.6 Å². The Labute approximate surface area is 195 Å². The van der Waals surface area contributed by atoms with Crippen molar-refractivity contribution in [2.45, 2.75) is 32.9 Å². The molecule has 0 radical (unpaired) electrons. The summed E-state index contributed by atoms with van der Waals surface area (Å²) in [5.41, 5.74) is 2.70. The van der Waals surface area contributed by atoms with E-state index in [1.165, 1.54) is 6.92 Å². The Balaban J connectivity index is 1.84. The summed E-state index contributed by atoms with van der Waals surface area (Å²) in [6, 6.07) is 13.6. The van der Waals surface area contributed by atoms with Crippen molar-refractivity contribution in [2.75, 3.05) is 5.32 Å². The highest BCUT2D eigenvalue weighted by atomic mass is 35.5. The van der Waals surface area contributed by atoms with Crippen LogP contribution in [0.1, 0.15) is 41.4 Å².